The second-order valence-corrected chi connectivity index (χ2v) is 4.65. The van der Waals surface area contributed by atoms with Crippen molar-refractivity contribution < 1.29 is 14.7 Å². The summed E-state index contributed by atoms with van der Waals surface area (Å²) in [7, 11) is 0. The van der Waals surface area contributed by atoms with E-state index in [-0.39, 0.29) is 11.7 Å². The summed E-state index contributed by atoms with van der Waals surface area (Å²) in [5.41, 5.74) is 2.99. The van der Waals surface area contributed by atoms with Gasteiger partial charge in [0.25, 0.3) is 5.91 Å². The molecular formula is C12H17NO3. The van der Waals surface area contributed by atoms with Crippen molar-refractivity contribution >= 4 is 5.91 Å². The number of benzene rings is 1. The van der Waals surface area contributed by atoms with Crippen LogP contribution < -0.4 is 5.48 Å². The molecule has 1 aromatic rings. The maximum atomic E-state index is 11.6. The van der Waals surface area contributed by atoms with Gasteiger partial charge in [0.05, 0.1) is 5.60 Å². The molecule has 0 radical (unpaired) electrons. The smallest absolute Gasteiger partial charge is 0.274 e. The Kier molecular flexibility index (Phi) is 3.55. The Labute approximate surface area is 95.2 Å². The number of carbonyl (C=O) groups is 1. The van der Waals surface area contributed by atoms with E-state index in [4.69, 9.17) is 4.84 Å². The number of phenols is 1. The average molecular weight is 223 g/mol. The van der Waals surface area contributed by atoms with Crippen LogP contribution in [-0.4, -0.2) is 16.6 Å². The van der Waals surface area contributed by atoms with Gasteiger partial charge in [0.1, 0.15) is 5.75 Å². The summed E-state index contributed by atoms with van der Waals surface area (Å²) >= 11 is 0. The zero-order valence-electron chi connectivity index (χ0n) is 10.00. The van der Waals surface area contributed by atoms with Crippen molar-refractivity contribution in [1.29, 1.82) is 0 Å². The first-order chi connectivity index (χ1) is 7.29. The molecule has 0 spiro atoms. The highest BCUT2D eigenvalue weighted by Gasteiger charge is 2.14. The number of phenolic OH excluding ortho intramolecular Hbond substituents is 1. The number of hydroxylamine groups is 1. The van der Waals surface area contributed by atoms with Crippen LogP contribution in [0.4, 0.5) is 0 Å². The van der Waals surface area contributed by atoms with Gasteiger partial charge in [-0.2, -0.15) is 0 Å². The Hall–Kier alpha value is -1.55. The number of hydrogen-bond donors (Lipinski definition) is 2. The molecule has 0 aliphatic carbocycles. The predicted octanol–water partition coefficient (Wildman–Crippen LogP) is 2.16. The van der Waals surface area contributed by atoms with Crippen LogP contribution in [0, 0.1) is 6.92 Å². The molecule has 0 aliphatic heterocycles. The molecule has 0 fully saturated rings. The average Bonchev–Trinajstić information content (AvgIpc) is 2.17. The standard InChI is InChI=1S/C12H17NO3/c1-8-5-6-9(7-10(8)14)11(15)13-16-12(2,3)4/h5-7,14H,1-4H3,(H,13,15). The SMILES string of the molecule is Cc1ccc(C(=O)NOC(C)(C)C)cc1O. The first kappa shape index (κ1) is 12.5. The number of amides is 1. The van der Waals surface area contributed by atoms with Crippen LogP contribution >= 0.6 is 0 Å². The fourth-order valence-electron chi connectivity index (χ4n) is 1.01. The summed E-state index contributed by atoms with van der Waals surface area (Å²) in [6.07, 6.45) is 0. The molecule has 1 rings (SSSR count). The van der Waals surface area contributed by atoms with Gasteiger partial charge in [0.2, 0.25) is 0 Å². The molecule has 0 aromatic heterocycles. The molecule has 16 heavy (non-hydrogen) atoms. The highest BCUT2D eigenvalue weighted by Crippen LogP contribution is 2.17. The van der Waals surface area contributed by atoms with Crippen molar-refractivity contribution in [3.05, 3.63) is 29.3 Å². The van der Waals surface area contributed by atoms with Crippen LogP contribution in [0.3, 0.4) is 0 Å². The van der Waals surface area contributed by atoms with Gasteiger partial charge in [0.15, 0.2) is 0 Å². The fourth-order valence-corrected chi connectivity index (χ4v) is 1.01. The van der Waals surface area contributed by atoms with Crippen molar-refractivity contribution in [2.75, 3.05) is 0 Å². The van der Waals surface area contributed by atoms with E-state index >= 15 is 0 Å². The van der Waals surface area contributed by atoms with E-state index < -0.39 is 5.60 Å². The van der Waals surface area contributed by atoms with Gasteiger partial charge in [-0.15, -0.1) is 0 Å². The normalized spacial score (nSPS) is 11.2. The van der Waals surface area contributed by atoms with E-state index in [0.717, 1.165) is 5.56 Å². The van der Waals surface area contributed by atoms with Crippen LogP contribution in [-0.2, 0) is 4.84 Å². The Bertz CT molecular complexity index is 394. The first-order valence-corrected chi connectivity index (χ1v) is 5.07. The highest BCUT2D eigenvalue weighted by atomic mass is 16.7. The molecule has 0 saturated carbocycles. The van der Waals surface area contributed by atoms with E-state index in [2.05, 4.69) is 5.48 Å². The maximum Gasteiger partial charge on any atom is 0.274 e. The van der Waals surface area contributed by atoms with Gasteiger partial charge >= 0.3 is 0 Å². The first-order valence-electron chi connectivity index (χ1n) is 5.07. The van der Waals surface area contributed by atoms with Crippen LogP contribution in [0.25, 0.3) is 0 Å². The molecule has 0 heterocycles. The van der Waals surface area contributed by atoms with E-state index in [1.54, 1.807) is 19.1 Å². The second kappa shape index (κ2) is 4.53. The third kappa shape index (κ3) is 3.55. The summed E-state index contributed by atoms with van der Waals surface area (Å²) in [4.78, 5) is 16.7. The van der Waals surface area contributed by atoms with Gasteiger partial charge in [-0.05, 0) is 45.4 Å². The van der Waals surface area contributed by atoms with Gasteiger partial charge in [-0.1, -0.05) is 6.07 Å². The molecule has 4 heteroatoms. The van der Waals surface area contributed by atoms with Crippen LogP contribution in [0.5, 0.6) is 5.75 Å². The molecule has 0 aliphatic rings. The number of hydrogen-bond acceptors (Lipinski definition) is 3. The lowest BCUT2D eigenvalue weighted by Gasteiger charge is -2.18. The van der Waals surface area contributed by atoms with Gasteiger partial charge in [-0.25, -0.2) is 5.48 Å². The largest absolute Gasteiger partial charge is 0.508 e. The van der Waals surface area contributed by atoms with E-state index in [1.165, 1.54) is 6.07 Å². The lowest BCUT2D eigenvalue weighted by Crippen LogP contribution is -2.33. The molecule has 88 valence electrons. The number of nitrogens with one attached hydrogen (secondary N) is 1. The number of aryl methyl sites for hydroxylation is 1. The summed E-state index contributed by atoms with van der Waals surface area (Å²) in [6, 6.07) is 4.73. The molecule has 1 amide bonds. The number of aromatic hydroxyl groups is 1. The summed E-state index contributed by atoms with van der Waals surface area (Å²) in [5, 5.41) is 9.46. The molecule has 2 N–H and O–H groups in total. The topological polar surface area (TPSA) is 58.6 Å². The van der Waals surface area contributed by atoms with Crippen molar-refractivity contribution in [3.8, 4) is 5.75 Å². The predicted molar refractivity (Wildman–Crippen MR) is 61.1 cm³/mol. The van der Waals surface area contributed by atoms with E-state index in [0.29, 0.717) is 5.56 Å². The molecule has 1 aromatic carbocycles. The lowest BCUT2D eigenvalue weighted by molar-refractivity contribution is -0.0589. The van der Waals surface area contributed by atoms with Gasteiger partial charge < -0.3 is 5.11 Å². The molecular weight excluding hydrogens is 206 g/mol. The fraction of sp³-hybridized carbons (Fsp3) is 0.417. The minimum Gasteiger partial charge on any atom is -0.508 e. The van der Waals surface area contributed by atoms with Crippen LogP contribution in [0.1, 0.15) is 36.7 Å². The monoisotopic (exact) mass is 223 g/mol. The van der Waals surface area contributed by atoms with Crippen LogP contribution in [0.15, 0.2) is 18.2 Å². The lowest BCUT2D eigenvalue weighted by atomic mass is 10.1. The van der Waals surface area contributed by atoms with Gasteiger partial charge in [-0.3, -0.25) is 9.63 Å². The summed E-state index contributed by atoms with van der Waals surface area (Å²) in [5.74, 6) is -0.270. The van der Waals surface area contributed by atoms with Crippen molar-refractivity contribution in [2.24, 2.45) is 0 Å². The number of rotatable bonds is 2. The number of carbonyl (C=O) groups excluding carboxylic acids is 1. The summed E-state index contributed by atoms with van der Waals surface area (Å²) < 4.78 is 0. The molecule has 0 atom stereocenters. The van der Waals surface area contributed by atoms with Gasteiger partial charge in [0, 0.05) is 5.56 Å². The Morgan fingerprint density at radius 3 is 2.50 bits per heavy atom. The minimum absolute atomic E-state index is 0.100. The Balaban J connectivity index is 2.70. The van der Waals surface area contributed by atoms with E-state index in [9.17, 15) is 9.90 Å². The third-order valence-electron chi connectivity index (χ3n) is 1.92. The molecule has 0 unspecified atom stereocenters. The van der Waals surface area contributed by atoms with E-state index in [1.807, 2.05) is 20.8 Å². The zero-order valence-corrected chi connectivity index (χ0v) is 10.00. The third-order valence-corrected chi connectivity index (χ3v) is 1.92. The van der Waals surface area contributed by atoms with Crippen molar-refractivity contribution in [2.45, 2.75) is 33.3 Å². The second-order valence-electron chi connectivity index (χ2n) is 4.65. The Morgan fingerprint density at radius 2 is 2.00 bits per heavy atom. The van der Waals surface area contributed by atoms with Crippen molar-refractivity contribution in [3.63, 3.8) is 0 Å². The van der Waals surface area contributed by atoms with Crippen molar-refractivity contribution in [1.82, 2.24) is 5.48 Å². The summed E-state index contributed by atoms with van der Waals surface area (Å²) in [6.45, 7) is 7.27. The maximum absolute atomic E-state index is 11.6. The zero-order chi connectivity index (χ0) is 12.3. The Morgan fingerprint density at radius 1 is 1.38 bits per heavy atom. The minimum atomic E-state index is -0.442. The highest BCUT2D eigenvalue weighted by molar-refractivity contribution is 5.93. The molecule has 0 saturated heterocycles. The molecule has 0 bridgehead atoms. The van der Waals surface area contributed by atoms with Crippen LogP contribution in [0.2, 0.25) is 0 Å². The molecule has 4 nitrogen and oxygen atoms in total. The quantitative estimate of drug-likeness (QED) is 0.755.